The summed E-state index contributed by atoms with van der Waals surface area (Å²) in [5.74, 6) is -1.19. The smallest absolute Gasteiger partial charge is 0.306 e. The van der Waals surface area contributed by atoms with Gasteiger partial charge in [-0.1, -0.05) is 337 Å². The maximum atomic E-state index is 13.5. The number of hydrogen-bond donors (Lipinski definition) is 6. The van der Waals surface area contributed by atoms with Gasteiger partial charge in [0.25, 0.3) is 0 Å². The number of amides is 1. The standard InChI is InChI=1S/C82H147NO10/c1-4-7-10-13-16-19-22-24-26-28-30-32-34-36-38-40-42-44-46-48-50-52-55-58-61-64-67-70-77(87)93-80-79(89)78(88)76(71-84)92-82(80)91-72-73(74(85)68-65-62-59-56-53-21-18-15-12-9-6-3)83-81(90)75(86)69-66-63-60-57-54-51-49-47-45-43-41-39-37-35-33-31-29-27-25-23-20-17-14-11-8-5-2/h16-17,19-20,24-27,30,32,36,38,65,68,73-76,78-80,82,84-86,88-89H,4-15,18,21-23,28-29,31,33-35,37,39-64,66-67,69-72H2,1-3H3,(H,83,90)/b19-16-,20-17-,26-24-,27-25-,32-30-,38-36-,68-65+. The van der Waals surface area contributed by atoms with Crippen molar-refractivity contribution < 1.29 is 49.3 Å². The van der Waals surface area contributed by atoms with Crippen LogP contribution in [0.3, 0.4) is 0 Å². The van der Waals surface area contributed by atoms with E-state index in [0.717, 1.165) is 89.9 Å². The van der Waals surface area contributed by atoms with Gasteiger partial charge in [0, 0.05) is 6.42 Å². The van der Waals surface area contributed by atoms with E-state index in [1.54, 1.807) is 6.08 Å². The molecule has 0 radical (unpaired) electrons. The van der Waals surface area contributed by atoms with Crippen LogP contribution in [0.25, 0.3) is 0 Å². The number of aliphatic hydroxyl groups excluding tert-OH is 5. The maximum absolute atomic E-state index is 13.5. The predicted octanol–water partition coefficient (Wildman–Crippen LogP) is 21.2. The molecular weight excluding hydrogens is 1160 g/mol. The average molecular weight is 1310 g/mol. The summed E-state index contributed by atoms with van der Waals surface area (Å²) < 4.78 is 17.7. The quantitative estimate of drug-likeness (QED) is 0.0195. The minimum Gasteiger partial charge on any atom is -0.454 e. The van der Waals surface area contributed by atoms with E-state index < -0.39 is 67.4 Å². The molecule has 0 bridgehead atoms. The topological polar surface area (TPSA) is 175 Å². The van der Waals surface area contributed by atoms with Crippen LogP contribution < -0.4 is 5.32 Å². The minimum absolute atomic E-state index is 0.118. The molecule has 0 aliphatic carbocycles. The number of aliphatic hydroxyl groups is 5. The van der Waals surface area contributed by atoms with Gasteiger partial charge in [0.2, 0.25) is 5.91 Å². The molecule has 0 aromatic carbocycles. The van der Waals surface area contributed by atoms with E-state index in [1.807, 2.05) is 6.08 Å². The number of allylic oxidation sites excluding steroid dienone is 13. The zero-order chi connectivity index (χ0) is 67.4. The van der Waals surface area contributed by atoms with Gasteiger partial charge in [-0.3, -0.25) is 9.59 Å². The van der Waals surface area contributed by atoms with E-state index in [0.29, 0.717) is 19.3 Å². The molecule has 1 aliphatic rings. The molecule has 11 heteroatoms. The van der Waals surface area contributed by atoms with Gasteiger partial charge in [-0.15, -0.1) is 0 Å². The molecule has 1 rings (SSSR count). The lowest BCUT2D eigenvalue weighted by molar-refractivity contribution is -0.305. The molecule has 8 unspecified atom stereocenters. The van der Waals surface area contributed by atoms with Crippen LogP contribution in [0.2, 0.25) is 0 Å². The molecule has 0 spiro atoms. The van der Waals surface area contributed by atoms with Crippen LogP contribution in [-0.2, 0) is 23.8 Å². The highest BCUT2D eigenvalue weighted by Crippen LogP contribution is 2.27. The second-order valence-electron chi connectivity index (χ2n) is 27.1. The van der Waals surface area contributed by atoms with Gasteiger partial charge in [0.15, 0.2) is 12.4 Å². The summed E-state index contributed by atoms with van der Waals surface area (Å²) in [5.41, 5.74) is 0. The van der Waals surface area contributed by atoms with E-state index >= 15 is 0 Å². The highest BCUT2D eigenvalue weighted by molar-refractivity contribution is 5.80. The molecule has 1 saturated heterocycles. The first-order valence-corrected chi connectivity index (χ1v) is 39.4. The Morgan fingerprint density at radius 1 is 0.419 bits per heavy atom. The van der Waals surface area contributed by atoms with E-state index in [-0.39, 0.29) is 13.0 Å². The molecule has 540 valence electrons. The van der Waals surface area contributed by atoms with E-state index in [1.165, 1.54) is 225 Å². The van der Waals surface area contributed by atoms with Gasteiger partial charge in [0.05, 0.1) is 25.4 Å². The number of nitrogens with one attached hydrogen (secondary N) is 1. The Balaban J connectivity index is 2.48. The Morgan fingerprint density at radius 2 is 0.742 bits per heavy atom. The molecule has 6 N–H and O–H groups in total. The van der Waals surface area contributed by atoms with Gasteiger partial charge in [-0.05, 0) is 103 Å². The first-order valence-electron chi connectivity index (χ1n) is 39.4. The number of rotatable bonds is 68. The first-order chi connectivity index (χ1) is 45.7. The summed E-state index contributed by atoms with van der Waals surface area (Å²) in [4.78, 5) is 26.8. The van der Waals surface area contributed by atoms with Crippen molar-refractivity contribution in [1.82, 2.24) is 5.32 Å². The summed E-state index contributed by atoms with van der Waals surface area (Å²) in [6.07, 6.45) is 82.1. The number of ether oxygens (including phenoxy) is 3. The highest BCUT2D eigenvalue weighted by atomic mass is 16.7. The molecule has 11 nitrogen and oxygen atoms in total. The molecule has 1 amide bonds. The van der Waals surface area contributed by atoms with Crippen molar-refractivity contribution in [3.8, 4) is 0 Å². The fourth-order valence-electron chi connectivity index (χ4n) is 12.1. The number of hydrogen-bond acceptors (Lipinski definition) is 10. The van der Waals surface area contributed by atoms with Gasteiger partial charge in [-0.2, -0.15) is 0 Å². The third-order valence-corrected chi connectivity index (χ3v) is 18.3. The Morgan fingerprint density at radius 3 is 1.13 bits per heavy atom. The monoisotopic (exact) mass is 1310 g/mol. The lowest BCUT2D eigenvalue weighted by atomic mass is 9.99. The molecule has 0 saturated carbocycles. The summed E-state index contributed by atoms with van der Waals surface area (Å²) >= 11 is 0. The number of unbranched alkanes of at least 4 members (excludes halogenated alkanes) is 42. The highest BCUT2D eigenvalue weighted by Gasteiger charge is 2.47. The van der Waals surface area contributed by atoms with Gasteiger partial charge in [0.1, 0.15) is 24.4 Å². The van der Waals surface area contributed by atoms with Crippen LogP contribution in [0, 0.1) is 0 Å². The van der Waals surface area contributed by atoms with Crippen LogP contribution in [0.15, 0.2) is 85.1 Å². The fraction of sp³-hybridized carbons (Fsp3) is 0.805. The van der Waals surface area contributed by atoms with Crippen LogP contribution in [0.5, 0.6) is 0 Å². The fourth-order valence-corrected chi connectivity index (χ4v) is 12.1. The molecular formula is C82H147NO10. The third-order valence-electron chi connectivity index (χ3n) is 18.3. The lowest BCUT2D eigenvalue weighted by Crippen LogP contribution is -2.61. The van der Waals surface area contributed by atoms with Crippen molar-refractivity contribution in [1.29, 1.82) is 0 Å². The third kappa shape index (κ3) is 55.5. The summed E-state index contributed by atoms with van der Waals surface area (Å²) in [6, 6.07) is -1.03. The average Bonchev–Trinajstić information content (AvgIpc) is 0.842. The van der Waals surface area contributed by atoms with Gasteiger partial charge in [-0.25, -0.2) is 0 Å². The SMILES string of the molecule is CCCCC/C=C\C/C=C\C/C=C\C/C=C\CCCCCCCCCCCCCC(=O)OC1C(OCC(NC(=O)C(O)CCCCCCCCCCCCCCCCCC/C=C\C/C=C\CCCCC)C(O)/C=C/CCCCCCCCCCC)OC(CO)C(O)C1O. The zero-order valence-corrected chi connectivity index (χ0v) is 60.4. The Hall–Kier alpha value is -3.16. The van der Waals surface area contributed by atoms with E-state index in [9.17, 15) is 35.1 Å². The summed E-state index contributed by atoms with van der Waals surface area (Å²) in [5, 5.41) is 57.4. The number of carbonyl (C=O) groups excluding carboxylic acids is 2. The van der Waals surface area contributed by atoms with Gasteiger partial charge >= 0.3 is 5.97 Å². The van der Waals surface area contributed by atoms with Crippen molar-refractivity contribution in [3.05, 3.63) is 85.1 Å². The van der Waals surface area contributed by atoms with Gasteiger partial charge < -0.3 is 45.1 Å². The van der Waals surface area contributed by atoms with Crippen molar-refractivity contribution in [3.63, 3.8) is 0 Å². The van der Waals surface area contributed by atoms with Crippen molar-refractivity contribution in [2.75, 3.05) is 13.2 Å². The predicted molar refractivity (Wildman–Crippen MR) is 393 cm³/mol. The van der Waals surface area contributed by atoms with Crippen molar-refractivity contribution in [2.45, 2.75) is 410 Å². The molecule has 8 atom stereocenters. The number of carbonyl (C=O) groups is 2. The molecule has 0 aromatic heterocycles. The van der Waals surface area contributed by atoms with Crippen LogP contribution in [0.4, 0.5) is 0 Å². The zero-order valence-electron chi connectivity index (χ0n) is 60.4. The van der Waals surface area contributed by atoms with Crippen molar-refractivity contribution in [2.24, 2.45) is 0 Å². The number of esters is 1. The van der Waals surface area contributed by atoms with Crippen LogP contribution in [-0.4, -0.2) is 99.6 Å². The normalized spacial score (nSPS) is 18.3. The molecule has 0 aromatic rings. The van der Waals surface area contributed by atoms with Crippen LogP contribution >= 0.6 is 0 Å². The Labute approximate surface area is 572 Å². The minimum atomic E-state index is -1.62. The second kappa shape index (κ2) is 68.8. The molecule has 1 heterocycles. The lowest BCUT2D eigenvalue weighted by Gasteiger charge is -2.41. The molecule has 1 fully saturated rings. The largest absolute Gasteiger partial charge is 0.454 e. The summed E-state index contributed by atoms with van der Waals surface area (Å²) in [6.45, 7) is 5.78. The molecule has 1 aliphatic heterocycles. The van der Waals surface area contributed by atoms with Crippen molar-refractivity contribution >= 4 is 11.9 Å². The van der Waals surface area contributed by atoms with E-state index in [2.05, 4.69) is 99.0 Å². The Bertz CT molecular complexity index is 1840. The first kappa shape index (κ1) is 87.9. The van der Waals surface area contributed by atoms with Crippen LogP contribution in [0.1, 0.15) is 361 Å². The second-order valence-corrected chi connectivity index (χ2v) is 27.1. The van der Waals surface area contributed by atoms with E-state index in [4.69, 9.17) is 14.2 Å². The molecule has 93 heavy (non-hydrogen) atoms. The maximum Gasteiger partial charge on any atom is 0.306 e. The summed E-state index contributed by atoms with van der Waals surface area (Å²) in [7, 11) is 0. The Kier molecular flexibility index (Phi) is 65.0.